The van der Waals surface area contributed by atoms with Crippen LogP contribution in [0.25, 0.3) is 0 Å². The van der Waals surface area contributed by atoms with E-state index in [4.69, 9.17) is 14.3 Å². The normalized spacial score (nSPS) is 29.4. The highest BCUT2D eigenvalue weighted by Gasteiger charge is 2.36. The average Bonchev–Trinajstić information content (AvgIpc) is 2.95. The SMILES string of the molecule is CC(c1ccc(C(=O)O)o1)N1CC2CCC(C1)O2. The molecule has 2 bridgehead atoms. The number of fused-ring (bicyclic) bond motifs is 2. The molecule has 98 valence electrons. The Hall–Kier alpha value is -1.33. The number of likely N-dealkylation sites (tertiary alicyclic amines) is 1. The highest BCUT2D eigenvalue weighted by atomic mass is 16.5. The molecule has 0 aromatic carbocycles. The van der Waals surface area contributed by atoms with Crippen molar-refractivity contribution >= 4 is 5.97 Å². The Labute approximate surface area is 105 Å². The third-order valence-electron chi connectivity index (χ3n) is 3.87. The molecule has 0 saturated carbocycles. The molecule has 1 aromatic heterocycles. The van der Waals surface area contributed by atoms with Gasteiger partial charge in [0.25, 0.3) is 0 Å². The second-order valence-electron chi connectivity index (χ2n) is 5.09. The molecule has 3 heterocycles. The zero-order chi connectivity index (χ0) is 12.7. The summed E-state index contributed by atoms with van der Waals surface area (Å²) in [5.74, 6) is -0.294. The van der Waals surface area contributed by atoms with Gasteiger partial charge in [0.2, 0.25) is 5.76 Å². The van der Waals surface area contributed by atoms with E-state index in [9.17, 15) is 4.79 Å². The first-order valence-corrected chi connectivity index (χ1v) is 6.36. The summed E-state index contributed by atoms with van der Waals surface area (Å²) in [5, 5.41) is 8.86. The van der Waals surface area contributed by atoms with Crippen LogP contribution < -0.4 is 0 Å². The molecule has 5 heteroatoms. The third-order valence-corrected chi connectivity index (χ3v) is 3.87. The van der Waals surface area contributed by atoms with Gasteiger partial charge in [-0.15, -0.1) is 0 Å². The van der Waals surface area contributed by atoms with Crippen molar-refractivity contribution in [1.82, 2.24) is 4.90 Å². The monoisotopic (exact) mass is 251 g/mol. The summed E-state index contributed by atoms with van der Waals surface area (Å²) >= 11 is 0. The largest absolute Gasteiger partial charge is 0.475 e. The molecule has 2 fully saturated rings. The first-order chi connectivity index (χ1) is 8.63. The second kappa shape index (κ2) is 4.40. The summed E-state index contributed by atoms with van der Waals surface area (Å²) in [5.41, 5.74) is 0. The van der Waals surface area contributed by atoms with Crippen LogP contribution in [0.2, 0.25) is 0 Å². The quantitative estimate of drug-likeness (QED) is 0.889. The summed E-state index contributed by atoms with van der Waals surface area (Å²) in [6.45, 7) is 3.86. The number of hydrogen-bond acceptors (Lipinski definition) is 4. The van der Waals surface area contributed by atoms with Gasteiger partial charge in [-0.25, -0.2) is 4.79 Å². The Morgan fingerprint density at radius 3 is 2.61 bits per heavy atom. The molecular weight excluding hydrogens is 234 g/mol. The molecule has 5 nitrogen and oxygen atoms in total. The van der Waals surface area contributed by atoms with Gasteiger partial charge in [-0.1, -0.05) is 0 Å². The minimum atomic E-state index is -1.02. The molecule has 1 aromatic rings. The van der Waals surface area contributed by atoms with Crippen LogP contribution in [-0.2, 0) is 4.74 Å². The van der Waals surface area contributed by atoms with E-state index in [1.807, 2.05) is 0 Å². The summed E-state index contributed by atoms with van der Waals surface area (Å²) in [7, 11) is 0. The topological polar surface area (TPSA) is 62.9 Å². The van der Waals surface area contributed by atoms with E-state index in [0.29, 0.717) is 18.0 Å². The molecule has 3 unspecified atom stereocenters. The van der Waals surface area contributed by atoms with Crippen molar-refractivity contribution in [3.05, 3.63) is 23.7 Å². The van der Waals surface area contributed by atoms with Gasteiger partial charge in [0.15, 0.2) is 0 Å². The number of carbonyl (C=O) groups is 1. The number of carboxylic acids is 1. The molecular formula is C13H17NO4. The van der Waals surface area contributed by atoms with Crippen LogP contribution in [0.15, 0.2) is 16.5 Å². The molecule has 0 amide bonds. The summed E-state index contributed by atoms with van der Waals surface area (Å²) in [6.07, 6.45) is 2.93. The Morgan fingerprint density at radius 1 is 1.39 bits per heavy atom. The number of nitrogens with zero attached hydrogens (tertiary/aromatic N) is 1. The van der Waals surface area contributed by atoms with Gasteiger partial charge in [-0.3, -0.25) is 4.90 Å². The molecule has 1 N–H and O–H groups in total. The number of morpholine rings is 1. The number of carboxylic acid groups (broad SMARTS) is 1. The van der Waals surface area contributed by atoms with Crippen LogP contribution in [0.3, 0.4) is 0 Å². The van der Waals surface area contributed by atoms with Crippen molar-refractivity contribution in [2.24, 2.45) is 0 Å². The molecule has 2 saturated heterocycles. The number of rotatable bonds is 3. The van der Waals surface area contributed by atoms with E-state index < -0.39 is 5.97 Å². The zero-order valence-corrected chi connectivity index (χ0v) is 10.3. The summed E-state index contributed by atoms with van der Waals surface area (Å²) in [4.78, 5) is 13.1. The number of ether oxygens (including phenoxy) is 1. The van der Waals surface area contributed by atoms with Crippen LogP contribution in [0.4, 0.5) is 0 Å². The van der Waals surface area contributed by atoms with E-state index in [1.165, 1.54) is 6.07 Å². The second-order valence-corrected chi connectivity index (χ2v) is 5.09. The maximum atomic E-state index is 10.8. The Bertz CT molecular complexity index is 444. The lowest BCUT2D eigenvalue weighted by molar-refractivity contribution is -0.0534. The van der Waals surface area contributed by atoms with Gasteiger partial charge in [0, 0.05) is 13.1 Å². The predicted octanol–water partition coefficient (Wildman–Crippen LogP) is 1.90. The zero-order valence-electron chi connectivity index (χ0n) is 10.3. The molecule has 2 aliphatic rings. The van der Waals surface area contributed by atoms with Gasteiger partial charge >= 0.3 is 5.97 Å². The fourth-order valence-corrected chi connectivity index (χ4v) is 2.83. The van der Waals surface area contributed by atoms with E-state index in [1.54, 1.807) is 6.07 Å². The lowest BCUT2D eigenvalue weighted by Gasteiger charge is -2.35. The maximum Gasteiger partial charge on any atom is 0.371 e. The molecule has 3 atom stereocenters. The minimum absolute atomic E-state index is 0.00748. The van der Waals surface area contributed by atoms with Crippen LogP contribution >= 0.6 is 0 Å². The smallest absolute Gasteiger partial charge is 0.371 e. The minimum Gasteiger partial charge on any atom is -0.475 e. The first-order valence-electron chi connectivity index (χ1n) is 6.36. The predicted molar refractivity (Wildman–Crippen MR) is 63.6 cm³/mol. The average molecular weight is 251 g/mol. The number of furan rings is 1. The van der Waals surface area contributed by atoms with E-state index in [0.717, 1.165) is 25.9 Å². The highest BCUT2D eigenvalue weighted by molar-refractivity contribution is 5.84. The fourth-order valence-electron chi connectivity index (χ4n) is 2.83. The Morgan fingerprint density at radius 2 is 2.06 bits per heavy atom. The van der Waals surface area contributed by atoms with E-state index >= 15 is 0 Å². The summed E-state index contributed by atoms with van der Waals surface area (Å²) < 4.78 is 11.2. The lowest BCUT2D eigenvalue weighted by atomic mass is 10.2. The first kappa shape index (κ1) is 11.7. The number of hydrogen-bond donors (Lipinski definition) is 1. The molecule has 2 aliphatic heterocycles. The van der Waals surface area contributed by atoms with Crippen molar-refractivity contribution in [2.45, 2.75) is 38.0 Å². The molecule has 0 radical (unpaired) electrons. The summed E-state index contributed by atoms with van der Waals surface area (Å²) in [6, 6.07) is 3.37. The van der Waals surface area contributed by atoms with Crippen molar-refractivity contribution < 1.29 is 19.1 Å². The van der Waals surface area contributed by atoms with Crippen LogP contribution in [0.5, 0.6) is 0 Å². The Balaban J connectivity index is 1.73. The standard InChI is InChI=1S/C13H17NO4/c1-8(11-4-5-12(18-11)13(15)16)14-6-9-2-3-10(7-14)17-9/h4-5,8-10H,2-3,6-7H2,1H3,(H,15,16). The van der Waals surface area contributed by atoms with Crippen molar-refractivity contribution in [1.29, 1.82) is 0 Å². The van der Waals surface area contributed by atoms with Gasteiger partial charge in [0.05, 0.1) is 18.2 Å². The lowest BCUT2D eigenvalue weighted by Crippen LogP contribution is -2.43. The van der Waals surface area contributed by atoms with Crippen molar-refractivity contribution in [3.8, 4) is 0 Å². The van der Waals surface area contributed by atoms with Gasteiger partial charge < -0.3 is 14.3 Å². The van der Waals surface area contributed by atoms with E-state index in [-0.39, 0.29) is 11.8 Å². The maximum absolute atomic E-state index is 10.8. The Kier molecular flexibility index (Phi) is 2.87. The van der Waals surface area contributed by atoms with Crippen LogP contribution in [0.1, 0.15) is 42.1 Å². The van der Waals surface area contributed by atoms with E-state index in [2.05, 4.69) is 11.8 Å². The molecule has 0 aliphatic carbocycles. The molecule has 18 heavy (non-hydrogen) atoms. The number of aromatic carboxylic acids is 1. The molecule has 3 rings (SSSR count). The van der Waals surface area contributed by atoms with Crippen molar-refractivity contribution in [3.63, 3.8) is 0 Å². The third kappa shape index (κ3) is 2.04. The van der Waals surface area contributed by atoms with Crippen LogP contribution in [0, 0.1) is 0 Å². The fraction of sp³-hybridized carbons (Fsp3) is 0.615. The highest BCUT2D eigenvalue weighted by Crippen LogP contribution is 2.32. The van der Waals surface area contributed by atoms with Gasteiger partial charge in [0.1, 0.15) is 5.76 Å². The van der Waals surface area contributed by atoms with Gasteiger partial charge in [-0.2, -0.15) is 0 Å². The van der Waals surface area contributed by atoms with Crippen molar-refractivity contribution in [2.75, 3.05) is 13.1 Å². The molecule has 0 spiro atoms. The van der Waals surface area contributed by atoms with Crippen LogP contribution in [-0.4, -0.2) is 41.3 Å². The van der Waals surface area contributed by atoms with Gasteiger partial charge in [-0.05, 0) is 31.9 Å².